The van der Waals surface area contributed by atoms with Crippen molar-refractivity contribution in [3.63, 3.8) is 0 Å². The average Bonchev–Trinajstić information content (AvgIpc) is 3.57. The van der Waals surface area contributed by atoms with Crippen LogP contribution in [0.1, 0.15) is 28.9 Å². The first-order chi connectivity index (χ1) is 14.0. The van der Waals surface area contributed by atoms with Crippen molar-refractivity contribution in [3.05, 3.63) is 59.9 Å². The topological polar surface area (TPSA) is 64.5 Å². The minimum atomic E-state index is -2.94. The normalized spacial score (nSPS) is 13.5. The van der Waals surface area contributed by atoms with Crippen LogP contribution < -0.4 is 9.47 Å². The van der Waals surface area contributed by atoms with Gasteiger partial charge in [-0.05, 0) is 42.7 Å². The number of alkyl halides is 2. The fraction of sp³-hybridized carbons (Fsp3) is 0.286. The van der Waals surface area contributed by atoms with Gasteiger partial charge in [-0.2, -0.15) is 8.78 Å². The second-order valence-corrected chi connectivity index (χ2v) is 6.77. The average molecular weight is 399 g/mol. The summed E-state index contributed by atoms with van der Waals surface area (Å²) in [5.41, 5.74) is 2.41. The third-order valence-corrected chi connectivity index (χ3v) is 4.71. The zero-order valence-electron chi connectivity index (χ0n) is 15.7. The maximum absolute atomic E-state index is 13.1. The summed E-state index contributed by atoms with van der Waals surface area (Å²) < 4.78 is 34.7. The van der Waals surface area contributed by atoms with Gasteiger partial charge in [-0.1, -0.05) is 18.2 Å². The summed E-state index contributed by atoms with van der Waals surface area (Å²) in [6.07, 6.45) is 3.31. The van der Waals surface area contributed by atoms with E-state index in [9.17, 15) is 13.6 Å². The van der Waals surface area contributed by atoms with Gasteiger partial charge in [0, 0.05) is 12.6 Å². The van der Waals surface area contributed by atoms with Crippen LogP contribution in [0.3, 0.4) is 0 Å². The lowest BCUT2D eigenvalue weighted by Gasteiger charge is -2.23. The molecule has 29 heavy (non-hydrogen) atoms. The van der Waals surface area contributed by atoms with Crippen molar-refractivity contribution >= 4 is 16.9 Å². The van der Waals surface area contributed by atoms with Crippen molar-refractivity contribution in [2.24, 2.45) is 0 Å². The SMILES string of the molecule is COc1cc(CN(C(=O)c2cnc3ccccc3n2)C2CC2)ccc1OC(F)F. The molecule has 8 heteroatoms. The lowest BCUT2D eigenvalue weighted by Crippen LogP contribution is -2.33. The maximum atomic E-state index is 13.1. The number of hydrogen-bond acceptors (Lipinski definition) is 5. The van der Waals surface area contributed by atoms with Crippen molar-refractivity contribution < 1.29 is 23.0 Å². The van der Waals surface area contributed by atoms with Crippen LogP contribution in [0.25, 0.3) is 11.0 Å². The van der Waals surface area contributed by atoms with Gasteiger partial charge in [-0.25, -0.2) is 4.98 Å². The highest BCUT2D eigenvalue weighted by Crippen LogP contribution is 2.33. The highest BCUT2D eigenvalue weighted by Gasteiger charge is 2.34. The number of aromatic nitrogens is 2. The molecule has 1 aliphatic carbocycles. The molecule has 0 aliphatic heterocycles. The number of carbonyl (C=O) groups excluding carboxylic acids is 1. The Labute approximate surface area is 166 Å². The predicted molar refractivity (Wildman–Crippen MR) is 102 cm³/mol. The summed E-state index contributed by atoms with van der Waals surface area (Å²) in [7, 11) is 1.38. The molecule has 2 aromatic carbocycles. The van der Waals surface area contributed by atoms with E-state index in [1.165, 1.54) is 19.4 Å². The molecular formula is C21H19F2N3O3. The van der Waals surface area contributed by atoms with Gasteiger partial charge in [0.2, 0.25) is 0 Å². The molecule has 150 valence electrons. The van der Waals surface area contributed by atoms with Crippen LogP contribution in [-0.2, 0) is 6.54 Å². The van der Waals surface area contributed by atoms with E-state index in [-0.39, 0.29) is 29.1 Å². The molecule has 1 saturated carbocycles. The predicted octanol–water partition coefficient (Wildman–Crippen LogP) is 4.04. The highest BCUT2D eigenvalue weighted by atomic mass is 19.3. The van der Waals surface area contributed by atoms with Crippen LogP contribution in [-0.4, -0.2) is 40.5 Å². The van der Waals surface area contributed by atoms with Crippen LogP contribution in [0.15, 0.2) is 48.7 Å². The first-order valence-corrected chi connectivity index (χ1v) is 9.19. The Morgan fingerprint density at radius 1 is 1.17 bits per heavy atom. The van der Waals surface area contributed by atoms with Crippen molar-refractivity contribution in [2.75, 3.05) is 7.11 Å². The quantitative estimate of drug-likeness (QED) is 0.600. The molecule has 0 atom stereocenters. The molecule has 1 amide bonds. The van der Waals surface area contributed by atoms with Crippen LogP contribution in [0, 0.1) is 0 Å². The van der Waals surface area contributed by atoms with E-state index in [2.05, 4.69) is 14.7 Å². The van der Waals surface area contributed by atoms with E-state index in [4.69, 9.17) is 4.74 Å². The van der Waals surface area contributed by atoms with Crippen LogP contribution in [0.4, 0.5) is 8.78 Å². The van der Waals surface area contributed by atoms with E-state index in [1.807, 2.05) is 24.3 Å². The molecular weight excluding hydrogens is 380 g/mol. The Morgan fingerprint density at radius 2 is 1.93 bits per heavy atom. The number of halogens is 2. The van der Waals surface area contributed by atoms with E-state index in [1.54, 1.807) is 17.0 Å². The van der Waals surface area contributed by atoms with Crippen LogP contribution >= 0.6 is 0 Å². The number of hydrogen-bond donors (Lipinski definition) is 0. The van der Waals surface area contributed by atoms with Crippen molar-refractivity contribution in [1.82, 2.24) is 14.9 Å². The lowest BCUT2D eigenvalue weighted by molar-refractivity contribution is -0.0512. The molecule has 1 heterocycles. The molecule has 0 radical (unpaired) electrons. The zero-order valence-corrected chi connectivity index (χ0v) is 15.7. The van der Waals surface area contributed by atoms with Gasteiger partial charge in [0.15, 0.2) is 11.5 Å². The van der Waals surface area contributed by atoms with E-state index in [0.29, 0.717) is 12.1 Å². The zero-order chi connectivity index (χ0) is 20.4. The number of nitrogens with zero attached hydrogens (tertiary/aromatic N) is 3. The number of methoxy groups -OCH3 is 1. The first kappa shape index (κ1) is 19.0. The molecule has 1 aliphatic rings. The molecule has 1 fully saturated rings. The lowest BCUT2D eigenvalue weighted by atomic mass is 10.1. The summed E-state index contributed by atoms with van der Waals surface area (Å²) in [4.78, 5) is 23.6. The monoisotopic (exact) mass is 399 g/mol. The fourth-order valence-corrected chi connectivity index (χ4v) is 3.16. The Kier molecular flexibility index (Phi) is 5.24. The summed E-state index contributed by atoms with van der Waals surface area (Å²) in [5.74, 6) is -0.0648. The van der Waals surface area contributed by atoms with Crippen molar-refractivity contribution in [2.45, 2.75) is 32.0 Å². The van der Waals surface area contributed by atoms with Gasteiger partial charge in [0.05, 0.1) is 24.3 Å². The number of fused-ring (bicyclic) bond motifs is 1. The molecule has 0 spiro atoms. The van der Waals surface area contributed by atoms with E-state index >= 15 is 0 Å². The minimum Gasteiger partial charge on any atom is -0.493 e. The first-order valence-electron chi connectivity index (χ1n) is 9.19. The molecule has 0 saturated heterocycles. The number of benzene rings is 2. The third kappa shape index (κ3) is 4.26. The fourth-order valence-electron chi connectivity index (χ4n) is 3.16. The van der Waals surface area contributed by atoms with Gasteiger partial charge >= 0.3 is 6.61 Å². The Morgan fingerprint density at radius 3 is 2.62 bits per heavy atom. The summed E-state index contributed by atoms with van der Waals surface area (Å²) in [5, 5.41) is 0. The van der Waals surface area contributed by atoms with Gasteiger partial charge in [0.1, 0.15) is 5.69 Å². The standard InChI is InChI=1S/C21H19F2N3O3/c1-28-19-10-13(6-9-18(19)29-21(22)23)12-26(14-7-8-14)20(27)17-11-24-15-4-2-3-5-16(15)25-17/h2-6,9-11,14,21H,7-8,12H2,1H3. The second-order valence-electron chi connectivity index (χ2n) is 6.77. The van der Waals surface area contributed by atoms with Gasteiger partial charge in [-0.3, -0.25) is 9.78 Å². The smallest absolute Gasteiger partial charge is 0.387 e. The second kappa shape index (κ2) is 7.98. The van der Waals surface area contributed by atoms with Crippen molar-refractivity contribution in [1.29, 1.82) is 0 Å². The Bertz CT molecular complexity index is 1040. The number of rotatable bonds is 7. The maximum Gasteiger partial charge on any atom is 0.387 e. The van der Waals surface area contributed by atoms with Crippen LogP contribution in [0.5, 0.6) is 11.5 Å². The minimum absolute atomic E-state index is 0.0454. The molecule has 0 unspecified atom stereocenters. The van der Waals surface area contributed by atoms with E-state index < -0.39 is 6.61 Å². The molecule has 6 nitrogen and oxygen atoms in total. The van der Waals surface area contributed by atoms with Gasteiger partial charge in [-0.15, -0.1) is 0 Å². The third-order valence-electron chi connectivity index (χ3n) is 4.71. The molecule has 3 aromatic rings. The Hall–Kier alpha value is -3.29. The molecule has 1 aromatic heterocycles. The van der Waals surface area contributed by atoms with Crippen molar-refractivity contribution in [3.8, 4) is 11.5 Å². The molecule has 0 N–H and O–H groups in total. The summed E-state index contributed by atoms with van der Waals surface area (Å²) in [6.45, 7) is -2.63. The van der Waals surface area contributed by atoms with Gasteiger partial charge < -0.3 is 14.4 Å². The van der Waals surface area contributed by atoms with Gasteiger partial charge in [0.25, 0.3) is 5.91 Å². The number of amides is 1. The summed E-state index contributed by atoms with van der Waals surface area (Å²) >= 11 is 0. The number of para-hydroxylation sites is 2. The van der Waals surface area contributed by atoms with Crippen LogP contribution in [0.2, 0.25) is 0 Å². The molecule has 0 bridgehead atoms. The largest absolute Gasteiger partial charge is 0.493 e. The van der Waals surface area contributed by atoms with E-state index in [0.717, 1.165) is 23.9 Å². The number of carbonyl (C=O) groups is 1. The number of ether oxygens (including phenoxy) is 2. The molecule has 4 rings (SSSR count). The summed E-state index contributed by atoms with van der Waals surface area (Å²) in [6, 6.07) is 12.2. The Balaban J connectivity index is 1.58. The highest BCUT2D eigenvalue weighted by molar-refractivity contribution is 5.94.